The van der Waals surface area contributed by atoms with E-state index in [4.69, 9.17) is 0 Å². The molecule has 90 valence electrons. The summed E-state index contributed by atoms with van der Waals surface area (Å²) in [4.78, 5) is 10.8. The molecule has 0 aromatic heterocycles. The zero-order chi connectivity index (χ0) is 11.5. The Hall–Kier alpha value is -0.220. The van der Waals surface area contributed by atoms with E-state index in [2.05, 4.69) is 23.9 Å². The van der Waals surface area contributed by atoms with Crippen LogP contribution in [0, 0.1) is 0 Å². The van der Waals surface area contributed by atoms with Crippen LogP contribution in [0.3, 0.4) is 0 Å². The number of thioether (sulfide) groups is 1. The van der Waals surface area contributed by atoms with Crippen molar-refractivity contribution in [2.45, 2.75) is 39.2 Å². The first-order valence-corrected chi connectivity index (χ1v) is 6.74. The number of nitrogens with one attached hydrogen (secondary N) is 1. The Morgan fingerprint density at radius 2 is 2.27 bits per heavy atom. The Morgan fingerprint density at radius 1 is 1.53 bits per heavy atom. The highest BCUT2D eigenvalue weighted by Gasteiger charge is 2.02. The van der Waals surface area contributed by atoms with E-state index in [1.807, 2.05) is 11.8 Å². The van der Waals surface area contributed by atoms with E-state index in [-0.39, 0.29) is 5.97 Å². The third-order valence-electron chi connectivity index (χ3n) is 2.18. The van der Waals surface area contributed by atoms with Crippen LogP contribution in [0.2, 0.25) is 0 Å². The summed E-state index contributed by atoms with van der Waals surface area (Å²) in [5.41, 5.74) is 0. The number of carbonyl (C=O) groups is 1. The molecule has 0 aliphatic heterocycles. The van der Waals surface area contributed by atoms with Crippen LogP contribution in [-0.4, -0.2) is 37.2 Å². The molecule has 0 radical (unpaired) electrons. The Bertz CT molecular complexity index is 165. The van der Waals surface area contributed by atoms with Crippen LogP contribution in [0.4, 0.5) is 0 Å². The SMILES string of the molecule is CCSCCC(C)NCCCC(=O)OC. The summed E-state index contributed by atoms with van der Waals surface area (Å²) >= 11 is 1.97. The summed E-state index contributed by atoms with van der Waals surface area (Å²) in [6.45, 7) is 5.26. The normalized spacial score (nSPS) is 12.5. The number of carbonyl (C=O) groups excluding carboxylic acids is 1. The van der Waals surface area contributed by atoms with Gasteiger partial charge in [0.2, 0.25) is 0 Å². The molecule has 1 unspecified atom stereocenters. The van der Waals surface area contributed by atoms with Crippen LogP contribution in [0.25, 0.3) is 0 Å². The molecule has 0 fully saturated rings. The van der Waals surface area contributed by atoms with E-state index in [1.165, 1.54) is 25.0 Å². The molecule has 4 heteroatoms. The van der Waals surface area contributed by atoms with E-state index in [0.29, 0.717) is 12.5 Å². The molecule has 0 aromatic carbocycles. The van der Waals surface area contributed by atoms with Crippen molar-refractivity contribution in [1.29, 1.82) is 0 Å². The Morgan fingerprint density at radius 3 is 2.87 bits per heavy atom. The molecule has 0 saturated heterocycles. The van der Waals surface area contributed by atoms with Crippen molar-refractivity contribution >= 4 is 17.7 Å². The standard InChI is InChI=1S/C11H23NO2S/c1-4-15-9-7-10(2)12-8-5-6-11(13)14-3/h10,12H,4-9H2,1-3H3. The smallest absolute Gasteiger partial charge is 0.305 e. The zero-order valence-electron chi connectivity index (χ0n) is 10.0. The summed E-state index contributed by atoms with van der Waals surface area (Å²) in [7, 11) is 1.43. The fourth-order valence-electron chi connectivity index (χ4n) is 1.19. The molecule has 15 heavy (non-hydrogen) atoms. The van der Waals surface area contributed by atoms with Crippen LogP contribution in [0.15, 0.2) is 0 Å². The van der Waals surface area contributed by atoms with Crippen molar-refractivity contribution in [3.05, 3.63) is 0 Å². The van der Waals surface area contributed by atoms with Crippen LogP contribution in [-0.2, 0) is 9.53 Å². The highest BCUT2D eigenvalue weighted by atomic mass is 32.2. The summed E-state index contributed by atoms with van der Waals surface area (Å²) in [6, 6.07) is 0.543. The lowest BCUT2D eigenvalue weighted by molar-refractivity contribution is -0.140. The van der Waals surface area contributed by atoms with Gasteiger partial charge in [-0.15, -0.1) is 0 Å². The Balaban J connectivity index is 3.23. The molecule has 1 N–H and O–H groups in total. The second-order valence-corrected chi connectivity index (χ2v) is 4.91. The van der Waals surface area contributed by atoms with Crippen molar-refractivity contribution in [3.8, 4) is 0 Å². The molecule has 1 atom stereocenters. The van der Waals surface area contributed by atoms with Gasteiger partial charge in [0, 0.05) is 12.5 Å². The summed E-state index contributed by atoms with van der Waals surface area (Å²) < 4.78 is 4.57. The highest BCUT2D eigenvalue weighted by molar-refractivity contribution is 7.99. The Kier molecular flexibility index (Phi) is 10.2. The maximum atomic E-state index is 10.8. The molecular formula is C11H23NO2S. The van der Waals surface area contributed by atoms with Crippen molar-refractivity contribution < 1.29 is 9.53 Å². The largest absolute Gasteiger partial charge is 0.469 e. The van der Waals surface area contributed by atoms with E-state index in [1.54, 1.807) is 0 Å². The van der Waals surface area contributed by atoms with Crippen LogP contribution >= 0.6 is 11.8 Å². The molecule has 0 saturated carbocycles. The van der Waals surface area contributed by atoms with Crippen molar-refractivity contribution in [2.75, 3.05) is 25.2 Å². The molecule has 0 aliphatic carbocycles. The van der Waals surface area contributed by atoms with Gasteiger partial charge in [0.1, 0.15) is 0 Å². The topological polar surface area (TPSA) is 38.3 Å². The second-order valence-electron chi connectivity index (χ2n) is 3.52. The minimum atomic E-state index is -0.119. The lowest BCUT2D eigenvalue weighted by Crippen LogP contribution is -2.27. The van der Waals surface area contributed by atoms with Gasteiger partial charge in [-0.3, -0.25) is 4.79 Å². The van der Waals surface area contributed by atoms with Crippen molar-refractivity contribution in [2.24, 2.45) is 0 Å². The predicted octanol–water partition coefficient (Wildman–Crippen LogP) is 2.06. The lowest BCUT2D eigenvalue weighted by atomic mass is 10.2. The molecule has 3 nitrogen and oxygen atoms in total. The van der Waals surface area contributed by atoms with Gasteiger partial charge in [0.05, 0.1) is 7.11 Å². The third-order valence-corrected chi connectivity index (χ3v) is 3.11. The van der Waals surface area contributed by atoms with Gasteiger partial charge in [-0.1, -0.05) is 6.92 Å². The molecular weight excluding hydrogens is 210 g/mol. The first kappa shape index (κ1) is 14.8. The molecule has 0 amide bonds. The fourth-order valence-corrected chi connectivity index (χ4v) is 2.00. The van der Waals surface area contributed by atoms with Crippen molar-refractivity contribution in [1.82, 2.24) is 5.32 Å². The van der Waals surface area contributed by atoms with Gasteiger partial charge in [-0.05, 0) is 37.8 Å². The molecule has 0 heterocycles. The number of esters is 1. The summed E-state index contributed by atoms with van der Waals surface area (Å²) in [5.74, 6) is 2.28. The van der Waals surface area contributed by atoms with E-state index >= 15 is 0 Å². The van der Waals surface area contributed by atoms with E-state index in [9.17, 15) is 4.79 Å². The predicted molar refractivity (Wildman–Crippen MR) is 66.3 cm³/mol. The molecule has 0 aliphatic rings. The average Bonchev–Trinajstić information content (AvgIpc) is 2.24. The molecule has 0 rings (SSSR count). The fraction of sp³-hybridized carbons (Fsp3) is 0.909. The van der Waals surface area contributed by atoms with Crippen molar-refractivity contribution in [3.63, 3.8) is 0 Å². The minimum absolute atomic E-state index is 0.119. The van der Waals surface area contributed by atoms with Crippen LogP contribution in [0.5, 0.6) is 0 Å². The van der Waals surface area contributed by atoms with Crippen LogP contribution in [0.1, 0.15) is 33.1 Å². The maximum Gasteiger partial charge on any atom is 0.305 e. The van der Waals surface area contributed by atoms with Gasteiger partial charge in [0.25, 0.3) is 0 Å². The first-order valence-electron chi connectivity index (χ1n) is 5.58. The summed E-state index contributed by atoms with van der Waals surface area (Å²) in [5, 5.41) is 3.40. The monoisotopic (exact) mass is 233 g/mol. The zero-order valence-corrected chi connectivity index (χ0v) is 10.9. The number of ether oxygens (including phenoxy) is 1. The lowest BCUT2D eigenvalue weighted by Gasteiger charge is -2.12. The molecule has 0 spiro atoms. The third kappa shape index (κ3) is 10.1. The number of hydrogen-bond acceptors (Lipinski definition) is 4. The minimum Gasteiger partial charge on any atom is -0.469 e. The van der Waals surface area contributed by atoms with Gasteiger partial charge in [-0.2, -0.15) is 11.8 Å². The molecule has 0 bridgehead atoms. The number of methoxy groups -OCH3 is 1. The number of rotatable bonds is 9. The maximum absolute atomic E-state index is 10.8. The molecule has 0 aromatic rings. The quantitative estimate of drug-likeness (QED) is 0.489. The summed E-state index contributed by atoms with van der Waals surface area (Å²) in [6.07, 6.45) is 2.56. The van der Waals surface area contributed by atoms with Gasteiger partial charge in [0.15, 0.2) is 0 Å². The average molecular weight is 233 g/mol. The van der Waals surface area contributed by atoms with Gasteiger partial charge >= 0.3 is 5.97 Å². The van der Waals surface area contributed by atoms with Gasteiger partial charge in [-0.25, -0.2) is 0 Å². The number of hydrogen-bond donors (Lipinski definition) is 1. The highest BCUT2D eigenvalue weighted by Crippen LogP contribution is 2.03. The van der Waals surface area contributed by atoms with E-state index in [0.717, 1.165) is 13.0 Å². The van der Waals surface area contributed by atoms with Crippen LogP contribution < -0.4 is 5.32 Å². The second kappa shape index (κ2) is 10.3. The van der Waals surface area contributed by atoms with Gasteiger partial charge < -0.3 is 10.1 Å². The Labute approximate surface area is 97.3 Å². The first-order chi connectivity index (χ1) is 7.20. The van der Waals surface area contributed by atoms with E-state index < -0.39 is 0 Å².